The second-order valence-electron chi connectivity index (χ2n) is 14.4. The van der Waals surface area contributed by atoms with Gasteiger partial charge in [-0.1, -0.05) is 86.6 Å². The van der Waals surface area contributed by atoms with Gasteiger partial charge in [0.05, 0.1) is 18.3 Å². The number of benzene rings is 3. The second kappa shape index (κ2) is 17.0. The molecular weight excluding hydrogens is 724 g/mol. The van der Waals surface area contributed by atoms with E-state index in [9.17, 15) is 29.1 Å². The molecular formula is C42H44N2O12. The number of amides is 2. The fourth-order valence-electron chi connectivity index (χ4n) is 6.75. The smallest absolute Gasteiger partial charge is 0.348 e. The Kier molecular flexibility index (Phi) is 12.1. The van der Waals surface area contributed by atoms with Crippen LogP contribution in [0.15, 0.2) is 103 Å². The number of nitrogens with one attached hydrogen (secondary N) is 2. The molecule has 6 atom stereocenters. The highest BCUT2D eigenvalue weighted by Crippen LogP contribution is 2.47. The van der Waals surface area contributed by atoms with Crippen molar-refractivity contribution in [1.29, 1.82) is 0 Å². The van der Waals surface area contributed by atoms with E-state index in [4.69, 9.17) is 28.8 Å². The Hall–Kier alpha value is -5.67. The van der Waals surface area contributed by atoms with E-state index in [0.29, 0.717) is 16.7 Å². The van der Waals surface area contributed by atoms with Gasteiger partial charge in [-0.25, -0.2) is 14.4 Å². The van der Waals surface area contributed by atoms with Crippen LogP contribution < -0.4 is 10.6 Å². The lowest BCUT2D eigenvalue weighted by molar-refractivity contribution is -0.159. The molecule has 4 N–H and O–H groups in total. The minimum atomic E-state index is -1.46. The first-order chi connectivity index (χ1) is 26.8. The van der Waals surface area contributed by atoms with E-state index in [1.165, 1.54) is 25.1 Å². The van der Waals surface area contributed by atoms with E-state index in [-0.39, 0.29) is 37.3 Å². The number of ether oxygens (including phenoxy) is 5. The second-order valence-corrected chi connectivity index (χ2v) is 14.4. The van der Waals surface area contributed by atoms with Crippen molar-refractivity contribution in [3.8, 4) is 0 Å². The van der Waals surface area contributed by atoms with Crippen LogP contribution in [0, 0.1) is 5.41 Å². The number of carbonyl (C=O) groups is 5. The lowest BCUT2D eigenvalue weighted by atomic mass is 9.90. The number of aliphatic hydroxyl groups excluding tert-OH is 2. The summed E-state index contributed by atoms with van der Waals surface area (Å²) in [5.74, 6) is -4.99. The molecule has 2 aliphatic heterocycles. The normalized spacial score (nSPS) is 23.2. The highest BCUT2D eigenvalue weighted by molar-refractivity contribution is 5.98. The predicted octanol–water partition coefficient (Wildman–Crippen LogP) is 2.71. The minimum Gasteiger partial charge on any atom is -0.462 e. The van der Waals surface area contributed by atoms with E-state index in [1.807, 2.05) is 60.7 Å². The van der Waals surface area contributed by atoms with Crippen molar-refractivity contribution in [2.24, 2.45) is 5.41 Å². The third-order valence-electron chi connectivity index (χ3n) is 9.68. The average molecular weight is 769 g/mol. The third-order valence-corrected chi connectivity index (χ3v) is 9.68. The van der Waals surface area contributed by atoms with Crippen molar-refractivity contribution in [3.63, 3.8) is 0 Å². The van der Waals surface area contributed by atoms with Crippen LogP contribution in [0.5, 0.6) is 0 Å². The van der Waals surface area contributed by atoms with Gasteiger partial charge in [0.25, 0.3) is 0 Å². The number of hydrogen-bond donors (Lipinski definition) is 4. The Morgan fingerprint density at radius 3 is 2.23 bits per heavy atom. The molecule has 14 nitrogen and oxygen atoms in total. The SMILES string of the molecule is C[C@H](O)[C@@H](NC(=O)C1=C[C@H]2OC(c3ccccc3)(c3ccccc3)O[C@H]2[C@H](OC(=O)c2cccc(C=CC(=O)O[C@H]3C(=O)OCC3(C)C)c2)C1)C(=O)NCCO. The van der Waals surface area contributed by atoms with Crippen LogP contribution in [-0.4, -0.2) is 96.3 Å². The molecule has 3 aromatic carbocycles. The summed E-state index contributed by atoms with van der Waals surface area (Å²) in [6, 6.07) is 23.4. The molecule has 0 aromatic heterocycles. The Morgan fingerprint density at radius 1 is 0.946 bits per heavy atom. The van der Waals surface area contributed by atoms with Crippen LogP contribution in [0.4, 0.5) is 0 Å². The molecule has 2 fully saturated rings. The largest absolute Gasteiger partial charge is 0.462 e. The van der Waals surface area contributed by atoms with E-state index in [2.05, 4.69) is 10.6 Å². The summed E-state index contributed by atoms with van der Waals surface area (Å²) < 4.78 is 30.0. The maximum Gasteiger partial charge on any atom is 0.348 e. The van der Waals surface area contributed by atoms with Gasteiger partial charge in [0.15, 0.2) is 0 Å². The van der Waals surface area contributed by atoms with Crippen LogP contribution >= 0.6 is 0 Å². The van der Waals surface area contributed by atoms with Crippen molar-refractivity contribution in [1.82, 2.24) is 10.6 Å². The number of cyclic esters (lactones) is 1. The van der Waals surface area contributed by atoms with Crippen LogP contribution in [0.1, 0.15) is 54.2 Å². The monoisotopic (exact) mass is 768 g/mol. The molecule has 0 radical (unpaired) electrons. The standard InChI is InChI=1S/C42H44N2O12/c1-25(46)34(38(49)43-19-20-45)44-37(48)28-22-31(35-32(23-28)55-42(56-35,29-13-6-4-7-14-29)30-15-8-5-9-16-30)53-39(50)27-12-10-11-26(21-27)17-18-33(47)54-36-40(51)52-24-41(36,2)3/h4-18,21,23,25,31-32,34-36,45-46H,19-20,22,24H2,1-3H3,(H,43,49)(H,44,48)/t25-,31+,32+,34+,35-,36-/m0/s1. The Balaban J connectivity index is 1.27. The maximum atomic E-state index is 13.9. The highest BCUT2D eigenvalue weighted by atomic mass is 16.8. The Morgan fingerprint density at radius 2 is 1.62 bits per heavy atom. The lowest BCUT2D eigenvalue weighted by Crippen LogP contribution is -2.54. The molecule has 0 saturated carbocycles. The summed E-state index contributed by atoms with van der Waals surface area (Å²) in [5.41, 5.74) is 1.35. The van der Waals surface area contributed by atoms with Gasteiger partial charge in [-0.2, -0.15) is 0 Å². The number of hydrogen-bond acceptors (Lipinski definition) is 12. The molecule has 3 aliphatic rings. The fraction of sp³-hybridized carbons (Fsp3) is 0.357. The summed E-state index contributed by atoms with van der Waals surface area (Å²) in [6.45, 7) is 4.57. The zero-order valence-electron chi connectivity index (χ0n) is 31.1. The number of aliphatic hydroxyl groups is 2. The molecule has 6 rings (SSSR count). The number of esters is 3. The number of rotatable bonds is 13. The average Bonchev–Trinajstić information content (AvgIpc) is 3.72. The number of carbonyl (C=O) groups excluding carboxylic acids is 5. The van der Waals surface area contributed by atoms with E-state index in [0.717, 1.165) is 6.08 Å². The van der Waals surface area contributed by atoms with Crippen molar-refractivity contribution in [2.45, 2.75) is 69.5 Å². The molecule has 2 saturated heterocycles. The molecule has 0 unspecified atom stereocenters. The maximum absolute atomic E-state index is 13.9. The van der Waals surface area contributed by atoms with Gasteiger partial charge < -0.3 is 44.5 Å². The first-order valence-corrected chi connectivity index (χ1v) is 18.2. The Bertz CT molecular complexity index is 1950. The van der Waals surface area contributed by atoms with Crippen LogP contribution in [0.2, 0.25) is 0 Å². The van der Waals surface area contributed by atoms with E-state index >= 15 is 0 Å². The van der Waals surface area contributed by atoms with Crippen LogP contribution in [-0.2, 0) is 48.6 Å². The molecule has 2 heterocycles. The molecule has 0 spiro atoms. The van der Waals surface area contributed by atoms with Crippen molar-refractivity contribution in [3.05, 3.63) is 125 Å². The molecule has 294 valence electrons. The highest BCUT2D eigenvalue weighted by Gasteiger charge is 2.55. The van der Waals surface area contributed by atoms with Crippen LogP contribution in [0.25, 0.3) is 6.08 Å². The van der Waals surface area contributed by atoms with Crippen LogP contribution in [0.3, 0.4) is 0 Å². The van der Waals surface area contributed by atoms with Gasteiger partial charge in [-0.15, -0.1) is 0 Å². The van der Waals surface area contributed by atoms with Gasteiger partial charge in [0.2, 0.25) is 23.7 Å². The van der Waals surface area contributed by atoms with Gasteiger partial charge >= 0.3 is 17.9 Å². The number of fused-ring (bicyclic) bond motifs is 1. The molecule has 2 amide bonds. The molecule has 14 heteroatoms. The molecule has 1 aliphatic carbocycles. The van der Waals surface area contributed by atoms with Crippen molar-refractivity contribution >= 4 is 35.8 Å². The first kappa shape index (κ1) is 40.0. The fourth-order valence-corrected chi connectivity index (χ4v) is 6.75. The summed E-state index contributed by atoms with van der Waals surface area (Å²) in [5, 5.41) is 24.5. The molecule has 56 heavy (non-hydrogen) atoms. The molecule has 3 aromatic rings. The predicted molar refractivity (Wildman–Crippen MR) is 199 cm³/mol. The minimum absolute atomic E-state index is 0.0784. The van der Waals surface area contributed by atoms with E-state index < -0.39 is 77.5 Å². The molecule has 0 bridgehead atoms. The van der Waals surface area contributed by atoms with Gasteiger partial charge in [0, 0.05) is 41.2 Å². The van der Waals surface area contributed by atoms with E-state index in [1.54, 1.807) is 32.1 Å². The topological polar surface area (TPSA) is 196 Å². The quantitative estimate of drug-likeness (QED) is 0.113. The van der Waals surface area contributed by atoms with Gasteiger partial charge in [-0.05, 0) is 36.8 Å². The third kappa shape index (κ3) is 8.74. The zero-order valence-corrected chi connectivity index (χ0v) is 31.1. The summed E-state index contributed by atoms with van der Waals surface area (Å²) >= 11 is 0. The summed E-state index contributed by atoms with van der Waals surface area (Å²) in [4.78, 5) is 65.1. The van der Waals surface area contributed by atoms with Crippen molar-refractivity contribution in [2.75, 3.05) is 19.8 Å². The van der Waals surface area contributed by atoms with Gasteiger partial charge in [-0.3, -0.25) is 9.59 Å². The summed E-state index contributed by atoms with van der Waals surface area (Å²) in [6.07, 6.45) is -1.22. The lowest BCUT2D eigenvalue weighted by Gasteiger charge is -2.31. The Labute approximate surface area is 323 Å². The summed E-state index contributed by atoms with van der Waals surface area (Å²) in [7, 11) is 0. The zero-order chi connectivity index (χ0) is 40.0. The van der Waals surface area contributed by atoms with Crippen molar-refractivity contribution < 1.29 is 57.9 Å². The first-order valence-electron chi connectivity index (χ1n) is 18.2. The van der Waals surface area contributed by atoms with Gasteiger partial charge in [0.1, 0.15) is 31.0 Å².